The van der Waals surface area contributed by atoms with Crippen LogP contribution in [0.5, 0.6) is 0 Å². The standard InChI is InChI=1S/C15H21N7O5/c1-22(15(27)21-20-10(12(16)25)6-11(23)24)13(26)9-5-3-2-4-8(9)7-19-14(17)18/h2-5,10,20H,6-7H2,1H3,(H2,16,25)(H,21,27)(H,23,24)(H4,17,18,19)/t10-/m0/s1. The first kappa shape index (κ1) is 21.4. The number of primary amides is 1. The van der Waals surface area contributed by atoms with Crippen molar-refractivity contribution in [1.82, 2.24) is 21.1 Å². The fourth-order valence-electron chi connectivity index (χ4n) is 1.98. The summed E-state index contributed by atoms with van der Waals surface area (Å²) in [4.78, 5) is 47.2. The van der Waals surface area contributed by atoms with E-state index in [0.29, 0.717) is 5.56 Å². The Balaban J connectivity index is 2.80. The molecule has 0 radical (unpaired) electrons. The molecule has 0 bridgehead atoms. The highest BCUT2D eigenvalue weighted by Crippen LogP contribution is 2.11. The van der Waals surface area contributed by atoms with E-state index in [-0.39, 0.29) is 18.1 Å². The molecule has 27 heavy (non-hydrogen) atoms. The number of benzene rings is 1. The average molecular weight is 379 g/mol. The molecule has 12 nitrogen and oxygen atoms in total. The lowest BCUT2D eigenvalue weighted by molar-refractivity contribution is -0.139. The Morgan fingerprint density at radius 2 is 1.85 bits per heavy atom. The molecule has 0 fully saturated rings. The predicted octanol–water partition coefficient (Wildman–Crippen LogP) is -1.72. The number of aliphatic carboxylic acids is 1. The number of nitrogens with zero attached hydrogens (tertiary/aromatic N) is 1. The number of hydrogen-bond acceptors (Lipinski definition) is 6. The van der Waals surface area contributed by atoms with E-state index in [0.717, 1.165) is 4.90 Å². The zero-order valence-electron chi connectivity index (χ0n) is 14.5. The summed E-state index contributed by atoms with van der Waals surface area (Å²) < 4.78 is 0. The van der Waals surface area contributed by atoms with Gasteiger partial charge in [0, 0.05) is 19.2 Å². The Morgan fingerprint density at radius 3 is 2.41 bits per heavy atom. The predicted molar refractivity (Wildman–Crippen MR) is 94.2 cm³/mol. The highest BCUT2D eigenvalue weighted by atomic mass is 16.4. The third-order valence-corrected chi connectivity index (χ3v) is 3.40. The third-order valence-electron chi connectivity index (χ3n) is 3.40. The summed E-state index contributed by atoms with van der Waals surface area (Å²) in [6.07, 6.45) is -0.646. The van der Waals surface area contributed by atoms with Gasteiger partial charge >= 0.3 is 12.0 Å². The largest absolute Gasteiger partial charge is 0.481 e. The maximum absolute atomic E-state index is 12.5. The van der Waals surface area contributed by atoms with Crippen molar-refractivity contribution in [3.05, 3.63) is 35.4 Å². The second kappa shape index (κ2) is 9.72. The van der Waals surface area contributed by atoms with Gasteiger partial charge in [-0.1, -0.05) is 18.2 Å². The number of carboxylic acid groups (broad SMARTS) is 1. The van der Waals surface area contributed by atoms with E-state index in [1.54, 1.807) is 18.2 Å². The lowest BCUT2D eigenvalue weighted by atomic mass is 10.1. The van der Waals surface area contributed by atoms with Crippen LogP contribution in [0.15, 0.2) is 24.3 Å². The maximum atomic E-state index is 12.5. The van der Waals surface area contributed by atoms with Gasteiger partial charge in [0.05, 0.1) is 6.42 Å². The highest BCUT2D eigenvalue weighted by molar-refractivity contribution is 6.04. The Morgan fingerprint density at radius 1 is 1.22 bits per heavy atom. The van der Waals surface area contributed by atoms with Crippen molar-refractivity contribution in [3.8, 4) is 0 Å². The van der Waals surface area contributed by atoms with Crippen LogP contribution in [0.2, 0.25) is 0 Å². The minimum atomic E-state index is -1.35. The first-order valence-electron chi connectivity index (χ1n) is 7.64. The second-order valence-corrected chi connectivity index (χ2v) is 5.42. The van der Waals surface area contributed by atoms with Gasteiger partial charge in [0.2, 0.25) is 5.91 Å². The van der Waals surface area contributed by atoms with Crippen molar-refractivity contribution in [1.29, 1.82) is 5.41 Å². The van der Waals surface area contributed by atoms with Crippen LogP contribution in [0.1, 0.15) is 22.3 Å². The van der Waals surface area contributed by atoms with Crippen molar-refractivity contribution in [2.24, 2.45) is 11.5 Å². The van der Waals surface area contributed by atoms with Gasteiger partial charge in [-0.2, -0.15) is 0 Å². The third kappa shape index (κ3) is 6.62. The number of carboxylic acids is 1. The molecule has 1 aromatic carbocycles. The van der Waals surface area contributed by atoms with Gasteiger partial charge in [0.25, 0.3) is 5.91 Å². The topological polar surface area (TPSA) is 204 Å². The van der Waals surface area contributed by atoms with Crippen LogP contribution < -0.4 is 27.6 Å². The van der Waals surface area contributed by atoms with Crippen LogP contribution in [-0.4, -0.2) is 52.9 Å². The molecule has 1 rings (SSSR count). The number of rotatable bonds is 8. The summed E-state index contributed by atoms with van der Waals surface area (Å²) in [6.45, 7) is 0.104. The summed E-state index contributed by atoms with van der Waals surface area (Å²) in [5.74, 6) is -3.21. The summed E-state index contributed by atoms with van der Waals surface area (Å²) in [6, 6.07) is 4.13. The normalized spacial score (nSPS) is 11.1. The van der Waals surface area contributed by atoms with Crippen molar-refractivity contribution in [3.63, 3.8) is 0 Å². The van der Waals surface area contributed by atoms with Gasteiger partial charge in [0.15, 0.2) is 5.96 Å². The molecule has 146 valence electrons. The number of hydrogen-bond donors (Lipinski definition) is 7. The van der Waals surface area contributed by atoms with Gasteiger partial charge in [-0.3, -0.25) is 30.1 Å². The summed E-state index contributed by atoms with van der Waals surface area (Å²) in [5.41, 5.74) is 15.2. The lowest BCUT2D eigenvalue weighted by Gasteiger charge is -2.20. The fourth-order valence-corrected chi connectivity index (χ4v) is 1.98. The number of guanidine groups is 1. The summed E-state index contributed by atoms with van der Waals surface area (Å²) in [5, 5.41) is 18.4. The second-order valence-electron chi connectivity index (χ2n) is 5.42. The lowest BCUT2D eigenvalue weighted by Crippen LogP contribution is -2.55. The molecule has 0 aliphatic carbocycles. The Bertz CT molecular complexity index is 752. The molecule has 12 heteroatoms. The molecule has 0 aromatic heterocycles. The molecule has 1 atom stereocenters. The highest BCUT2D eigenvalue weighted by Gasteiger charge is 2.24. The minimum absolute atomic E-state index is 0.104. The van der Waals surface area contributed by atoms with Crippen molar-refractivity contribution < 1.29 is 24.3 Å². The van der Waals surface area contributed by atoms with Crippen LogP contribution in [0, 0.1) is 5.41 Å². The molecule has 9 N–H and O–H groups in total. The van der Waals surface area contributed by atoms with Crippen LogP contribution >= 0.6 is 0 Å². The SMILES string of the molecule is CN(C(=O)NN[C@@H](CC(=O)O)C(N)=O)C(=O)c1ccccc1CNC(=N)N. The maximum Gasteiger partial charge on any atom is 0.338 e. The Hall–Kier alpha value is -3.67. The van der Waals surface area contributed by atoms with Gasteiger partial charge in [-0.05, 0) is 11.6 Å². The number of amides is 4. The number of imide groups is 1. The number of nitrogens with one attached hydrogen (secondary N) is 4. The molecule has 0 spiro atoms. The van der Waals surface area contributed by atoms with Crippen molar-refractivity contribution in [2.45, 2.75) is 19.0 Å². The number of hydrazine groups is 1. The fraction of sp³-hybridized carbons (Fsp3) is 0.267. The van der Waals surface area contributed by atoms with Gasteiger partial charge in [0.1, 0.15) is 6.04 Å². The first-order chi connectivity index (χ1) is 12.6. The van der Waals surface area contributed by atoms with E-state index >= 15 is 0 Å². The zero-order chi connectivity index (χ0) is 20.6. The molecular formula is C15H21N7O5. The smallest absolute Gasteiger partial charge is 0.338 e. The zero-order valence-corrected chi connectivity index (χ0v) is 14.5. The average Bonchev–Trinajstić information content (AvgIpc) is 2.61. The molecule has 0 heterocycles. The van der Waals surface area contributed by atoms with E-state index in [1.165, 1.54) is 13.1 Å². The van der Waals surface area contributed by atoms with Crippen LogP contribution in [0.3, 0.4) is 0 Å². The monoisotopic (exact) mass is 379 g/mol. The van der Waals surface area contributed by atoms with Crippen LogP contribution in [0.4, 0.5) is 4.79 Å². The van der Waals surface area contributed by atoms with Crippen LogP contribution in [0.25, 0.3) is 0 Å². The van der Waals surface area contributed by atoms with E-state index < -0.39 is 36.3 Å². The molecule has 1 aromatic rings. The molecule has 0 aliphatic heterocycles. The molecule has 0 aliphatic rings. The van der Waals surface area contributed by atoms with Gasteiger partial charge in [-0.25, -0.2) is 10.2 Å². The van der Waals surface area contributed by atoms with Crippen molar-refractivity contribution in [2.75, 3.05) is 7.05 Å². The molecular weight excluding hydrogens is 358 g/mol. The van der Waals surface area contributed by atoms with Crippen molar-refractivity contribution >= 4 is 29.8 Å². The van der Waals surface area contributed by atoms with Gasteiger partial charge in [-0.15, -0.1) is 0 Å². The molecule has 0 saturated heterocycles. The van der Waals surface area contributed by atoms with E-state index in [1.807, 2.05) is 0 Å². The molecule has 0 unspecified atom stereocenters. The number of nitrogens with two attached hydrogens (primary N) is 2. The number of urea groups is 1. The van der Waals surface area contributed by atoms with E-state index in [9.17, 15) is 19.2 Å². The van der Waals surface area contributed by atoms with Crippen LogP contribution in [-0.2, 0) is 16.1 Å². The first-order valence-corrected chi connectivity index (χ1v) is 7.64. The number of carbonyl (C=O) groups is 4. The Labute approximate surface area is 154 Å². The minimum Gasteiger partial charge on any atom is -0.481 e. The van der Waals surface area contributed by atoms with E-state index in [2.05, 4.69) is 16.2 Å². The summed E-state index contributed by atoms with van der Waals surface area (Å²) in [7, 11) is 1.20. The quantitative estimate of drug-likeness (QED) is 0.157. The Kier molecular flexibility index (Phi) is 7.69. The van der Waals surface area contributed by atoms with E-state index in [4.69, 9.17) is 22.0 Å². The number of carbonyl (C=O) groups excluding carboxylic acids is 3. The molecule has 4 amide bonds. The molecule has 0 saturated carbocycles. The summed E-state index contributed by atoms with van der Waals surface area (Å²) >= 11 is 0. The van der Waals surface area contributed by atoms with Gasteiger partial charge < -0.3 is 21.9 Å².